The number of aromatic nitrogens is 3. The molecule has 0 saturated carbocycles. The molecule has 1 aromatic rings. The standard InChI is InChI=1S/C13H22N4O/c1-2-16-7-5-10(6-8-16)13-14-12-4-3-11(18)9-17(12)15-13/h10-11,18H,2-9H2,1H3. The van der Waals surface area contributed by atoms with Gasteiger partial charge in [-0.05, 0) is 38.9 Å². The van der Waals surface area contributed by atoms with E-state index in [0.717, 1.165) is 44.1 Å². The number of nitrogens with zero attached hydrogens (tertiary/aromatic N) is 4. The molecule has 0 aromatic carbocycles. The van der Waals surface area contributed by atoms with E-state index in [9.17, 15) is 5.11 Å². The molecule has 2 aliphatic heterocycles. The van der Waals surface area contributed by atoms with Crippen molar-refractivity contribution in [1.82, 2.24) is 19.7 Å². The molecule has 1 atom stereocenters. The van der Waals surface area contributed by atoms with Crippen molar-refractivity contribution in [3.8, 4) is 0 Å². The van der Waals surface area contributed by atoms with Gasteiger partial charge >= 0.3 is 0 Å². The number of likely N-dealkylation sites (tertiary alicyclic amines) is 1. The number of aliphatic hydroxyl groups is 1. The molecule has 1 fully saturated rings. The average Bonchev–Trinajstić information content (AvgIpc) is 2.81. The van der Waals surface area contributed by atoms with E-state index in [0.29, 0.717) is 12.5 Å². The van der Waals surface area contributed by atoms with E-state index in [1.165, 1.54) is 12.8 Å². The van der Waals surface area contributed by atoms with Crippen molar-refractivity contribution in [3.05, 3.63) is 11.6 Å². The number of rotatable bonds is 2. The lowest BCUT2D eigenvalue weighted by atomic mass is 9.96. The SMILES string of the molecule is CCN1CCC(c2nc3n(n2)CC(O)CC3)CC1. The Morgan fingerprint density at radius 2 is 2.06 bits per heavy atom. The van der Waals surface area contributed by atoms with Crippen LogP contribution in [0.4, 0.5) is 0 Å². The van der Waals surface area contributed by atoms with Gasteiger partial charge in [0.05, 0.1) is 12.6 Å². The lowest BCUT2D eigenvalue weighted by Crippen LogP contribution is -2.33. The van der Waals surface area contributed by atoms with Gasteiger partial charge in [-0.1, -0.05) is 6.92 Å². The van der Waals surface area contributed by atoms with E-state index in [-0.39, 0.29) is 6.10 Å². The quantitative estimate of drug-likeness (QED) is 0.843. The van der Waals surface area contributed by atoms with Crippen LogP contribution in [0.25, 0.3) is 0 Å². The maximum Gasteiger partial charge on any atom is 0.154 e. The second kappa shape index (κ2) is 4.97. The highest BCUT2D eigenvalue weighted by molar-refractivity contribution is 5.03. The van der Waals surface area contributed by atoms with Gasteiger partial charge < -0.3 is 10.0 Å². The second-order valence-corrected chi connectivity index (χ2v) is 5.47. The summed E-state index contributed by atoms with van der Waals surface area (Å²) in [5.74, 6) is 2.59. The zero-order chi connectivity index (χ0) is 12.5. The molecule has 5 heteroatoms. The van der Waals surface area contributed by atoms with Crippen molar-refractivity contribution in [1.29, 1.82) is 0 Å². The molecule has 2 aliphatic rings. The molecule has 100 valence electrons. The van der Waals surface area contributed by atoms with Gasteiger partial charge in [0.1, 0.15) is 5.82 Å². The summed E-state index contributed by atoms with van der Waals surface area (Å²) < 4.78 is 1.91. The summed E-state index contributed by atoms with van der Waals surface area (Å²) in [6.07, 6.45) is 3.78. The molecule has 1 N–H and O–H groups in total. The van der Waals surface area contributed by atoms with Gasteiger partial charge in [0.25, 0.3) is 0 Å². The lowest BCUT2D eigenvalue weighted by molar-refractivity contribution is 0.124. The van der Waals surface area contributed by atoms with Crippen LogP contribution in [-0.2, 0) is 13.0 Å². The van der Waals surface area contributed by atoms with Gasteiger partial charge in [0.2, 0.25) is 0 Å². The fourth-order valence-electron chi connectivity index (χ4n) is 2.99. The first kappa shape index (κ1) is 12.1. The minimum absolute atomic E-state index is 0.242. The monoisotopic (exact) mass is 250 g/mol. The van der Waals surface area contributed by atoms with E-state index in [2.05, 4.69) is 21.9 Å². The summed E-state index contributed by atoms with van der Waals surface area (Å²) >= 11 is 0. The van der Waals surface area contributed by atoms with Gasteiger partial charge in [-0.15, -0.1) is 0 Å². The van der Waals surface area contributed by atoms with Crippen molar-refractivity contribution < 1.29 is 5.11 Å². The minimum atomic E-state index is -0.242. The molecule has 0 spiro atoms. The molecule has 0 bridgehead atoms. The van der Waals surface area contributed by atoms with Crippen molar-refractivity contribution in [2.45, 2.75) is 51.2 Å². The van der Waals surface area contributed by atoms with Crippen LogP contribution in [0, 0.1) is 0 Å². The lowest BCUT2D eigenvalue weighted by Gasteiger charge is -2.29. The third kappa shape index (κ3) is 2.29. The Hall–Kier alpha value is -0.940. The van der Waals surface area contributed by atoms with Crippen molar-refractivity contribution in [2.75, 3.05) is 19.6 Å². The summed E-state index contributed by atoms with van der Waals surface area (Å²) in [5, 5.41) is 14.2. The van der Waals surface area contributed by atoms with Gasteiger partial charge in [0.15, 0.2) is 5.82 Å². The molecule has 0 amide bonds. The van der Waals surface area contributed by atoms with E-state index >= 15 is 0 Å². The average molecular weight is 250 g/mol. The highest BCUT2D eigenvalue weighted by Gasteiger charge is 2.26. The largest absolute Gasteiger partial charge is 0.391 e. The summed E-state index contributed by atoms with van der Waals surface area (Å²) in [7, 11) is 0. The molecule has 3 rings (SSSR count). The van der Waals surface area contributed by atoms with Gasteiger partial charge in [-0.25, -0.2) is 9.67 Å². The van der Waals surface area contributed by atoms with E-state index in [1.807, 2.05) is 4.68 Å². The Bertz CT molecular complexity index is 409. The van der Waals surface area contributed by atoms with Crippen LogP contribution in [0.5, 0.6) is 0 Å². The Labute approximate surface area is 108 Å². The molecule has 0 radical (unpaired) electrons. The molecule has 3 heterocycles. The van der Waals surface area contributed by atoms with Crippen molar-refractivity contribution in [2.24, 2.45) is 0 Å². The first-order chi connectivity index (χ1) is 8.76. The Kier molecular flexibility index (Phi) is 3.35. The van der Waals surface area contributed by atoms with E-state index < -0.39 is 0 Å². The maximum absolute atomic E-state index is 9.65. The number of fused-ring (bicyclic) bond motifs is 1. The van der Waals surface area contributed by atoms with Crippen LogP contribution in [-0.4, -0.2) is 50.5 Å². The Morgan fingerprint density at radius 1 is 1.28 bits per heavy atom. The summed E-state index contributed by atoms with van der Waals surface area (Å²) in [4.78, 5) is 7.16. The fraction of sp³-hybridized carbons (Fsp3) is 0.846. The molecule has 0 aliphatic carbocycles. The molecule has 1 saturated heterocycles. The number of aryl methyl sites for hydroxylation is 1. The summed E-state index contributed by atoms with van der Waals surface area (Å²) in [6.45, 7) is 6.30. The molecule has 1 unspecified atom stereocenters. The Balaban J connectivity index is 1.70. The van der Waals surface area contributed by atoms with Crippen LogP contribution in [0.1, 0.15) is 43.8 Å². The second-order valence-electron chi connectivity index (χ2n) is 5.47. The predicted molar refractivity (Wildman–Crippen MR) is 68.4 cm³/mol. The minimum Gasteiger partial charge on any atom is -0.391 e. The first-order valence-electron chi connectivity index (χ1n) is 7.10. The predicted octanol–water partition coefficient (Wildman–Crippen LogP) is 0.784. The highest BCUT2D eigenvalue weighted by Crippen LogP contribution is 2.26. The van der Waals surface area contributed by atoms with Crippen LogP contribution in [0.2, 0.25) is 0 Å². The highest BCUT2D eigenvalue weighted by atomic mass is 16.3. The number of aliphatic hydroxyl groups excluding tert-OH is 1. The summed E-state index contributed by atoms with van der Waals surface area (Å²) in [5.41, 5.74) is 0. The number of hydrogen-bond donors (Lipinski definition) is 1. The van der Waals surface area contributed by atoms with Crippen LogP contribution in [0.3, 0.4) is 0 Å². The normalized spacial score (nSPS) is 26.2. The van der Waals surface area contributed by atoms with Gasteiger partial charge in [-0.2, -0.15) is 5.10 Å². The van der Waals surface area contributed by atoms with Crippen LogP contribution in [0.15, 0.2) is 0 Å². The zero-order valence-electron chi connectivity index (χ0n) is 11.0. The topological polar surface area (TPSA) is 54.2 Å². The summed E-state index contributed by atoms with van der Waals surface area (Å²) in [6, 6.07) is 0. The number of piperidine rings is 1. The van der Waals surface area contributed by atoms with Crippen LogP contribution >= 0.6 is 0 Å². The Morgan fingerprint density at radius 3 is 2.78 bits per heavy atom. The molecule has 18 heavy (non-hydrogen) atoms. The number of hydrogen-bond acceptors (Lipinski definition) is 4. The third-order valence-corrected chi connectivity index (χ3v) is 4.25. The molecular formula is C13H22N4O. The molecular weight excluding hydrogens is 228 g/mol. The van der Waals surface area contributed by atoms with Crippen molar-refractivity contribution >= 4 is 0 Å². The first-order valence-corrected chi connectivity index (χ1v) is 7.10. The van der Waals surface area contributed by atoms with Crippen LogP contribution < -0.4 is 0 Å². The van der Waals surface area contributed by atoms with Gasteiger partial charge in [-0.3, -0.25) is 0 Å². The maximum atomic E-state index is 9.65. The zero-order valence-corrected chi connectivity index (χ0v) is 11.0. The fourth-order valence-corrected chi connectivity index (χ4v) is 2.99. The van der Waals surface area contributed by atoms with E-state index in [1.54, 1.807) is 0 Å². The van der Waals surface area contributed by atoms with Gasteiger partial charge in [0, 0.05) is 12.3 Å². The molecule has 5 nitrogen and oxygen atoms in total. The van der Waals surface area contributed by atoms with Crippen molar-refractivity contribution in [3.63, 3.8) is 0 Å². The van der Waals surface area contributed by atoms with E-state index in [4.69, 9.17) is 0 Å². The smallest absolute Gasteiger partial charge is 0.154 e. The molecule has 1 aromatic heterocycles. The third-order valence-electron chi connectivity index (χ3n) is 4.25.